The van der Waals surface area contributed by atoms with E-state index in [1.54, 1.807) is 7.11 Å². The number of carbonyl (C=O) groups excluding carboxylic acids is 1. The molecule has 76 valence electrons. The second-order valence-electron chi connectivity index (χ2n) is 3.28. The monoisotopic (exact) mass is 249 g/mol. The van der Waals surface area contributed by atoms with E-state index in [2.05, 4.69) is 15.9 Å². The van der Waals surface area contributed by atoms with E-state index >= 15 is 0 Å². The lowest BCUT2D eigenvalue weighted by Gasteiger charge is -2.21. The van der Waals surface area contributed by atoms with Crippen LogP contribution in [0, 0.1) is 5.92 Å². The van der Waals surface area contributed by atoms with E-state index in [1.165, 1.54) is 0 Å². The minimum absolute atomic E-state index is 0.302. The summed E-state index contributed by atoms with van der Waals surface area (Å²) in [6.45, 7) is 2.14. The molecule has 0 saturated heterocycles. The van der Waals surface area contributed by atoms with Gasteiger partial charge in [0.15, 0.2) is 0 Å². The molecule has 0 bridgehead atoms. The summed E-state index contributed by atoms with van der Waals surface area (Å²) < 4.78 is 4.96. The maximum Gasteiger partial charge on any atom is 0.225 e. The van der Waals surface area contributed by atoms with Crippen molar-refractivity contribution in [1.82, 2.24) is 4.90 Å². The fraction of sp³-hybridized carbons (Fsp3) is 0.889. The van der Waals surface area contributed by atoms with E-state index in [9.17, 15) is 4.79 Å². The number of carbonyl (C=O) groups is 1. The quantitative estimate of drug-likeness (QED) is 0.664. The minimum Gasteiger partial charge on any atom is -0.383 e. The molecule has 3 nitrogen and oxygen atoms in total. The Labute approximate surface area is 87.6 Å². The Morgan fingerprint density at radius 1 is 1.54 bits per heavy atom. The molecule has 13 heavy (non-hydrogen) atoms. The second kappa shape index (κ2) is 5.60. The minimum atomic E-state index is 0.302. The van der Waals surface area contributed by atoms with E-state index in [0.717, 1.165) is 31.3 Å². The largest absolute Gasteiger partial charge is 0.383 e. The number of nitrogens with zero attached hydrogens (tertiary/aromatic N) is 1. The number of alkyl halides is 1. The lowest BCUT2D eigenvalue weighted by atomic mass is 10.3. The predicted octanol–water partition coefficient (Wildman–Crippen LogP) is 1.27. The number of ether oxygens (including phenoxy) is 1. The molecule has 1 aliphatic rings. The molecule has 0 unspecified atom stereocenters. The zero-order valence-electron chi connectivity index (χ0n) is 7.96. The van der Waals surface area contributed by atoms with Gasteiger partial charge in [0.1, 0.15) is 0 Å². The Hall–Kier alpha value is -0.0900. The van der Waals surface area contributed by atoms with Gasteiger partial charge in [0.2, 0.25) is 5.91 Å². The second-order valence-corrected chi connectivity index (χ2v) is 4.07. The van der Waals surface area contributed by atoms with Gasteiger partial charge in [0, 0.05) is 31.4 Å². The Bertz CT molecular complexity index is 171. The van der Waals surface area contributed by atoms with Crippen LogP contribution in [-0.4, -0.2) is 42.9 Å². The third-order valence-corrected chi connectivity index (χ3v) is 2.51. The van der Waals surface area contributed by atoms with Crippen LogP contribution in [0.1, 0.15) is 12.8 Å². The first kappa shape index (κ1) is 11.0. The van der Waals surface area contributed by atoms with Crippen LogP contribution in [0.2, 0.25) is 0 Å². The summed E-state index contributed by atoms with van der Waals surface area (Å²) in [5.74, 6) is 0.618. The van der Waals surface area contributed by atoms with Crippen LogP contribution in [0.4, 0.5) is 0 Å². The molecule has 1 aliphatic carbocycles. The van der Waals surface area contributed by atoms with Crippen LogP contribution < -0.4 is 0 Å². The first-order valence-corrected chi connectivity index (χ1v) is 5.75. The highest BCUT2D eigenvalue weighted by atomic mass is 79.9. The molecule has 0 heterocycles. The van der Waals surface area contributed by atoms with Gasteiger partial charge in [0.05, 0.1) is 6.61 Å². The van der Waals surface area contributed by atoms with Crippen LogP contribution in [0.15, 0.2) is 0 Å². The smallest absolute Gasteiger partial charge is 0.225 e. The highest BCUT2D eigenvalue weighted by Gasteiger charge is 2.32. The lowest BCUT2D eigenvalue weighted by molar-refractivity contribution is -0.132. The molecule has 0 aliphatic heterocycles. The van der Waals surface area contributed by atoms with Gasteiger partial charge in [-0.1, -0.05) is 15.9 Å². The number of amides is 1. The first-order valence-electron chi connectivity index (χ1n) is 4.63. The molecular weight excluding hydrogens is 234 g/mol. The normalized spacial score (nSPS) is 15.8. The molecule has 1 fully saturated rings. The van der Waals surface area contributed by atoms with Crippen molar-refractivity contribution in [2.45, 2.75) is 12.8 Å². The summed E-state index contributed by atoms with van der Waals surface area (Å²) in [5.41, 5.74) is 0. The third kappa shape index (κ3) is 3.65. The summed E-state index contributed by atoms with van der Waals surface area (Å²) >= 11 is 3.35. The van der Waals surface area contributed by atoms with Gasteiger partial charge in [0.25, 0.3) is 0 Å². The standard InChI is InChI=1S/C9H16BrNO2/c1-13-7-6-11(5-4-10)9(12)8-2-3-8/h8H,2-7H2,1H3. The van der Waals surface area contributed by atoms with E-state index in [-0.39, 0.29) is 0 Å². The van der Waals surface area contributed by atoms with Crippen LogP contribution in [0.3, 0.4) is 0 Å². The highest BCUT2D eigenvalue weighted by Crippen LogP contribution is 2.30. The number of halogens is 1. The van der Waals surface area contributed by atoms with Crippen molar-refractivity contribution in [2.24, 2.45) is 5.92 Å². The van der Waals surface area contributed by atoms with Crippen molar-refractivity contribution < 1.29 is 9.53 Å². The number of hydrogen-bond donors (Lipinski definition) is 0. The molecule has 1 amide bonds. The van der Waals surface area contributed by atoms with E-state index in [1.807, 2.05) is 4.90 Å². The van der Waals surface area contributed by atoms with Gasteiger partial charge >= 0.3 is 0 Å². The molecular formula is C9H16BrNO2. The van der Waals surface area contributed by atoms with Gasteiger partial charge in [-0.2, -0.15) is 0 Å². The van der Waals surface area contributed by atoms with Gasteiger partial charge in [-0.25, -0.2) is 0 Å². The third-order valence-electron chi connectivity index (χ3n) is 2.16. The average molecular weight is 250 g/mol. The van der Waals surface area contributed by atoms with E-state index < -0.39 is 0 Å². The van der Waals surface area contributed by atoms with Gasteiger partial charge in [-0.3, -0.25) is 4.79 Å². The zero-order chi connectivity index (χ0) is 9.68. The fourth-order valence-electron chi connectivity index (χ4n) is 1.22. The molecule has 0 N–H and O–H groups in total. The van der Waals surface area contributed by atoms with Crippen molar-refractivity contribution in [3.8, 4) is 0 Å². The molecule has 0 aromatic heterocycles. The molecule has 0 atom stereocenters. The van der Waals surface area contributed by atoms with Crippen molar-refractivity contribution in [2.75, 3.05) is 32.1 Å². The van der Waals surface area contributed by atoms with Crippen LogP contribution in [0.25, 0.3) is 0 Å². The first-order chi connectivity index (χ1) is 6.29. The van der Waals surface area contributed by atoms with Crippen molar-refractivity contribution in [3.63, 3.8) is 0 Å². The van der Waals surface area contributed by atoms with Gasteiger partial charge in [-0.15, -0.1) is 0 Å². The van der Waals surface area contributed by atoms with Crippen LogP contribution >= 0.6 is 15.9 Å². The fourth-order valence-corrected chi connectivity index (χ4v) is 1.65. The molecule has 0 radical (unpaired) electrons. The SMILES string of the molecule is COCCN(CCBr)C(=O)C1CC1. The lowest BCUT2D eigenvalue weighted by Crippen LogP contribution is -2.36. The summed E-state index contributed by atoms with van der Waals surface area (Å²) in [6, 6.07) is 0. The number of methoxy groups -OCH3 is 1. The Morgan fingerprint density at radius 2 is 2.23 bits per heavy atom. The summed E-state index contributed by atoms with van der Waals surface area (Å²) in [4.78, 5) is 13.5. The maximum atomic E-state index is 11.7. The molecule has 4 heteroatoms. The van der Waals surface area contributed by atoms with Crippen molar-refractivity contribution >= 4 is 21.8 Å². The summed E-state index contributed by atoms with van der Waals surface area (Å²) in [7, 11) is 1.66. The summed E-state index contributed by atoms with van der Waals surface area (Å²) in [6.07, 6.45) is 2.15. The molecule has 1 rings (SSSR count). The van der Waals surface area contributed by atoms with Gasteiger partial charge in [-0.05, 0) is 12.8 Å². The Kier molecular flexibility index (Phi) is 4.73. The van der Waals surface area contributed by atoms with E-state index in [4.69, 9.17) is 4.74 Å². The zero-order valence-corrected chi connectivity index (χ0v) is 9.55. The molecule has 1 saturated carbocycles. The topological polar surface area (TPSA) is 29.5 Å². The maximum absolute atomic E-state index is 11.7. The average Bonchev–Trinajstić information content (AvgIpc) is 2.94. The Balaban J connectivity index is 2.30. The van der Waals surface area contributed by atoms with Crippen molar-refractivity contribution in [1.29, 1.82) is 0 Å². The van der Waals surface area contributed by atoms with E-state index in [0.29, 0.717) is 18.4 Å². The van der Waals surface area contributed by atoms with Crippen LogP contribution in [-0.2, 0) is 9.53 Å². The highest BCUT2D eigenvalue weighted by molar-refractivity contribution is 9.09. The van der Waals surface area contributed by atoms with Crippen LogP contribution in [0.5, 0.6) is 0 Å². The summed E-state index contributed by atoms with van der Waals surface area (Å²) in [5, 5.41) is 0.842. The predicted molar refractivity (Wildman–Crippen MR) is 55.0 cm³/mol. The number of rotatable bonds is 6. The number of hydrogen-bond acceptors (Lipinski definition) is 2. The molecule has 0 aromatic carbocycles. The molecule has 0 spiro atoms. The van der Waals surface area contributed by atoms with Gasteiger partial charge < -0.3 is 9.64 Å². The van der Waals surface area contributed by atoms with Crippen molar-refractivity contribution in [3.05, 3.63) is 0 Å². The molecule has 0 aromatic rings. The Morgan fingerprint density at radius 3 is 2.69 bits per heavy atom.